The summed E-state index contributed by atoms with van der Waals surface area (Å²) in [7, 11) is 0. The maximum Gasteiger partial charge on any atom is 0.128 e. The topological polar surface area (TPSA) is 45.4 Å². The zero-order valence-electron chi connectivity index (χ0n) is 11.8. The highest BCUT2D eigenvalue weighted by Crippen LogP contribution is 2.22. The third-order valence-corrected chi connectivity index (χ3v) is 3.87. The number of aromatic nitrogens is 1. The van der Waals surface area contributed by atoms with Crippen LogP contribution in [0, 0.1) is 6.92 Å². The highest BCUT2D eigenvalue weighted by Gasteiger charge is 2.18. The van der Waals surface area contributed by atoms with Crippen molar-refractivity contribution in [2.24, 2.45) is 0 Å². The summed E-state index contributed by atoms with van der Waals surface area (Å²) in [5.41, 5.74) is 9.15. The summed E-state index contributed by atoms with van der Waals surface area (Å²) in [5.74, 6) is 1.07. The van der Waals surface area contributed by atoms with Crippen molar-refractivity contribution < 1.29 is 0 Å². The molecule has 0 aliphatic carbocycles. The molecule has 0 bridgehead atoms. The predicted octanol–water partition coefficient (Wildman–Crippen LogP) is 2.30. The van der Waals surface area contributed by atoms with Crippen LogP contribution in [0.3, 0.4) is 0 Å². The van der Waals surface area contributed by atoms with E-state index >= 15 is 0 Å². The maximum absolute atomic E-state index is 5.88. The Morgan fingerprint density at radius 1 is 1.00 bits per heavy atom. The van der Waals surface area contributed by atoms with E-state index in [4.69, 9.17) is 5.73 Å². The van der Waals surface area contributed by atoms with Crippen LogP contribution in [0.1, 0.15) is 5.56 Å². The van der Waals surface area contributed by atoms with E-state index in [0.29, 0.717) is 0 Å². The number of hydrogen-bond acceptors (Lipinski definition) is 4. The van der Waals surface area contributed by atoms with Crippen molar-refractivity contribution in [3.63, 3.8) is 0 Å². The van der Waals surface area contributed by atoms with E-state index in [1.54, 1.807) is 0 Å². The molecule has 0 atom stereocenters. The third kappa shape index (κ3) is 2.54. The quantitative estimate of drug-likeness (QED) is 0.849. The summed E-state index contributed by atoms with van der Waals surface area (Å²) in [6.45, 7) is 6.09. The molecule has 1 saturated heterocycles. The van der Waals surface area contributed by atoms with Gasteiger partial charge in [-0.2, -0.15) is 0 Å². The molecule has 1 fully saturated rings. The zero-order valence-corrected chi connectivity index (χ0v) is 11.8. The first-order valence-electron chi connectivity index (χ1n) is 7.01. The summed E-state index contributed by atoms with van der Waals surface area (Å²) in [5, 5.41) is 0. The molecule has 3 rings (SSSR count). The molecule has 104 valence electrons. The molecule has 20 heavy (non-hydrogen) atoms. The SMILES string of the molecule is Cc1cc(N2CCN(c3ccccn3)CC2)ccc1N. The van der Waals surface area contributed by atoms with Gasteiger partial charge < -0.3 is 15.5 Å². The van der Waals surface area contributed by atoms with E-state index in [-0.39, 0.29) is 0 Å². The highest BCUT2D eigenvalue weighted by molar-refractivity contribution is 5.58. The van der Waals surface area contributed by atoms with E-state index in [1.165, 1.54) is 5.69 Å². The van der Waals surface area contributed by atoms with E-state index in [0.717, 1.165) is 43.2 Å². The lowest BCUT2D eigenvalue weighted by molar-refractivity contribution is 0.647. The Morgan fingerprint density at radius 2 is 1.75 bits per heavy atom. The van der Waals surface area contributed by atoms with Crippen LogP contribution in [0.4, 0.5) is 17.2 Å². The molecule has 1 aromatic carbocycles. The second kappa shape index (κ2) is 5.41. The largest absolute Gasteiger partial charge is 0.399 e. The average Bonchev–Trinajstić information content (AvgIpc) is 2.51. The summed E-state index contributed by atoms with van der Waals surface area (Å²) < 4.78 is 0. The van der Waals surface area contributed by atoms with E-state index in [2.05, 4.69) is 39.9 Å². The van der Waals surface area contributed by atoms with E-state index < -0.39 is 0 Å². The van der Waals surface area contributed by atoms with Gasteiger partial charge in [0.25, 0.3) is 0 Å². The van der Waals surface area contributed by atoms with Crippen LogP contribution in [0.5, 0.6) is 0 Å². The average molecular weight is 268 g/mol. The molecule has 2 aromatic rings. The predicted molar refractivity (Wildman–Crippen MR) is 84.3 cm³/mol. The number of rotatable bonds is 2. The van der Waals surface area contributed by atoms with Gasteiger partial charge in [0.2, 0.25) is 0 Å². The van der Waals surface area contributed by atoms with Crippen LogP contribution in [0.15, 0.2) is 42.6 Å². The van der Waals surface area contributed by atoms with Crippen LogP contribution < -0.4 is 15.5 Å². The number of pyridine rings is 1. The van der Waals surface area contributed by atoms with Crippen molar-refractivity contribution in [3.8, 4) is 0 Å². The standard InChI is InChI=1S/C16H20N4/c1-13-12-14(5-6-15(13)17)19-8-10-20(11-9-19)16-4-2-3-7-18-16/h2-7,12H,8-11,17H2,1H3. The minimum Gasteiger partial charge on any atom is -0.399 e. The van der Waals surface area contributed by atoms with Crippen molar-refractivity contribution in [2.75, 3.05) is 41.7 Å². The van der Waals surface area contributed by atoms with Crippen LogP contribution in [0.2, 0.25) is 0 Å². The summed E-state index contributed by atoms with van der Waals surface area (Å²) in [4.78, 5) is 9.16. The van der Waals surface area contributed by atoms with Crippen molar-refractivity contribution in [3.05, 3.63) is 48.2 Å². The minimum atomic E-state index is 0.862. The lowest BCUT2D eigenvalue weighted by Crippen LogP contribution is -2.46. The molecule has 2 heterocycles. The second-order valence-corrected chi connectivity index (χ2v) is 5.20. The van der Waals surface area contributed by atoms with Crippen molar-refractivity contribution in [1.29, 1.82) is 0 Å². The smallest absolute Gasteiger partial charge is 0.128 e. The Balaban J connectivity index is 1.68. The number of anilines is 3. The fraction of sp³-hybridized carbons (Fsp3) is 0.312. The van der Waals surface area contributed by atoms with E-state index in [9.17, 15) is 0 Å². The molecule has 1 aliphatic rings. The lowest BCUT2D eigenvalue weighted by atomic mass is 10.1. The Labute approximate surface area is 119 Å². The molecule has 0 unspecified atom stereocenters. The van der Waals surface area contributed by atoms with Gasteiger partial charge in [-0.1, -0.05) is 6.07 Å². The second-order valence-electron chi connectivity index (χ2n) is 5.20. The number of nitrogen functional groups attached to an aromatic ring is 1. The number of benzene rings is 1. The monoisotopic (exact) mass is 268 g/mol. The van der Waals surface area contributed by atoms with Crippen LogP contribution in [-0.4, -0.2) is 31.2 Å². The van der Waals surface area contributed by atoms with Gasteiger partial charge in [-0.3, -0.25) is 0 Å². The van der Waals surface area contributed by atoms with Crippen LogP contribution in [0.25, 0.3) is 0 Å². The first-order valence-corrected chi connectivity index (χ1v) is 7.01. The molecule has 4 heteroatoms. The molecule has 0 radical (unpaired) electrons. The normalized spacial score (nSPS) is 15.4. The molecular formula is C16H20N4. The van der Waals surface area contributed by atoms with Gasteiger partial charge in [-0.15, -0.1) is 0 Å². The Hall–Kier alpha value is -2.23. The van der Waals surface area contributed by atoms with Crippen molar-refractivity contribution >= 4 is 17.2 Å². The number of nitrogens with two attached hydrogens (primary N) is 1. The third-order valence-electron chi connectivity index (χ3n) is 3.87. The van der Waals surface area contributed by atoms with Gasteiger partial charge in [0, 0.05) is 43.8 Å². The molecule has 4 nitrogen and oxygen atoms in total. The first-order chi connectivity index (χ1) is 9.74. The van der Waals surface area contributed by atoms with Crippen molar-refractivity contribution in [1.82, 2.24) is 4.98 Å². The van der Waals surface area contributed by atoms with E-state index in [1.807, 2.05) is 24.4 Å². The molecular weight excluding hydrogens is 248 g/mol. The number of hydrogen-bond donors (Lipinski definition) is 1. The van der Waals surface area contributed by atoms with Gasteiger partial charge in [-0.25, -0.2) is 4.98 Å². The fourth-order valence-electron chi connectivity index (χ4n) is 2.59. The highest BCUT2D eigenvalue weighted by atomic mass is 15.3. The van der Waals surface area contributed by atoms with Gasteiger partial charge in [-0.05, 0) is 42.8 Å². The fourth-order valence-corrected chi connectivity index (χ4v) is 2.59. The van der Waals surface area contributed by atoms with Gasteiger partial charge in [0.05, 0.1) is 0 Å². The zero-order chi connectivity index (χ0) is 13.9. The summed E-state index contributed by atoms with van der Waals surface area (Å²) in [6, 6.07) is 12.3. The summed E-state index contributed by atoms with van der Waals surface area (Å²) in [6.07, 6.45) is 1.85. The maximum atomic E-state index is 5.88. The van der Waals surface area contributed by atoms with Gasteiger partial charge >= 0.3 is 0 Å². The minimum absolute atomic E-state index is 0.862. The number of nitrogens with zero attached hydrogens (tertiary/aromatic N) is 3. The van der Waals surface area contributed by atoms with Gasteiger partial charge in [0.15, 0.2) is 0 Å². The van der Waals surface area contributed by atoms with Crippen LogP contribution in [-0.2, 0) is 0 Å². The molecule has 0 saturated carbocycles. The molecule has 0 amide bonds. The van der Waals surface area contributed by atoms with Crippen molar-refractivity contribution in [2.45, 2.75) is 6.92 Å². The lowest BCUT2D eigenvalue weighted by Gasteiger charge is -2.36. The van der Waals surface area contributed by atoms with Crippen LogP contribution >= 0.6 is 0 Å². The Kier molecular flexibility index (Phi) is 3.46. The molecule has 1 aliphatic heterocycles. The first kappa shape index (κ1) is 12.8. The summed E-state index contributed by atoms with van der Waals surface area (Å²) >= 11 is 0. The Morgan fingerprint density at radius 3 is 2.40 bits per heavy atom. The number of aryl methyl sites for hydroxylation is 1. The molecule has 2 N–H and O–H groups in total. The number of piperazine rings is 1. The molecule has 0 spiro atoms. The van der Waals surface area contributed by atoms with Gasteiger partial charge in [0.1, 0.15) is 5.82 Å². The molecule has 1 aromatic heterocycles. The Bertz CT molecular complexity index is 574.